The Balaban J connectivity index is 1.46. The highest BCUT2D eigenvalue weighted by molar-refractivity contribution is 6.42. The average Bonchev–Trinajstić information content (AvgIpc) is 3.33. The van der Waals surface area contributed by atoms with Gasteiger partial charge >= 0.3 is 6.18 Å². The lowest BCUT2D eigenvalue weighted by molar-refractivity contribution is -0.141. The summed E-state index contributed by atoms with van der Waals surface area (Å²) < 4.78 is 46.3. The van der Waals surface area contributed by atoms with E-state index >= 15 is 0 Å². The van der Waals surface area contributed by atoms with Crippen molar-refractivity contribution < 1.29 is 22.7 Å². The molecule has 0 fully saturated rings. The van der Waals surface area contributed by atoms with Crippen molar-refractivity contribution in [3.8, 4) is 5.75 Å². The third-order valence-electron chi connectivity index (χ3n) is 4.25. The summed E-state index contributed by atoms with van der Waals surface area (Å²) in [6, 6.07) is 7.50. The molecular weight excluding hydrogens is 458 g/mol. The zero-order valence-corrected chi connectivity index (χ0v) is 17.8. The van der Waals surface area contributed by atoms with Crippen molar-refractivity contribution in [2.45, 2.75) is 32.8 Å². The van der Waals surface area contributed by atoms with E-state index in [0.29, 0.717) is 22.9 Å². The molecule has 0 aliphatic heterocycles. The van der Waals surface area contributed by atoms with Gasteiger partial charge in [-0.3, -0.25) is 9.48 Å². The standard InChI is InChI=1S/C19H18Cl2F3N5O2/c1-12-10-16(19(22,23)24)27-29(12)8-3-7-25-18(30)14-6-9-28(26-14)11-31-15-5-2-4-13(20)17(15)21/h2,4-6,9-10H,3,7-8,11H2,1H3,(H,25,30). The van der Waals surface area contributed by atoms with Crippen LogP contribution >= 0.6 is 23.2 Å². The average molecular weight is 476 g/mol. The molecule has 1 N–H and O–H groups in total. The third-order valence-corrected chi connectivity index (χ3v) is 5.05. The summed E-state index contributed by atoms with van der Waals surface area (Å²) in [4.78, 5) is 12.2. The van der Waals surface area contributed by atoms with Crippen LogP contribution in [0.2, 0.25) is 10.0 Å². The summed E-state index contributed by atoms with van der Waals surface area (Å²) in [6.07, 6.45) is -2.51. The van der Waals surface area contributed by atoms with E-state index in [0.717, 1.165) is 6.07 Å². The van der Waals surface area contributed by atoms with Crippen LogP contribution in [0.3, 0.4) is 0 Å². The normalized spacial score (nSPS) is 11.5. The van der Waals surface area contributed by atoms with Crippen molar-refractivity contribution >= 4 is 29.1 Å². The molecule has 0 aliphatic rings. The SMILES string of the molecule is Cc1cc(C(F)(F)F)nn1CCCNC(=O)c1ccn(COc2cccc(Cl)c2Cl)n1. The van der Waals surface area contributed by atoms with E-state index < -0.39 is 17.8 Å². The Morgan fingerprint density at radius 2 is 2.00 bits per heavy atom. The molecule has 166 valence electrons. The maximum absolute atomic E-state index is 12.7. The molecule has 0 spiro atoms. The lowest BCUT2D eigenvalue weighted by Gasteiger charge is -2.08. The number of ether oxygens (including phenoxy) is 1. The van der Waals surface area contributed by atoms with Crippen LogP contribution in [0.4, 0.5) is 13.2 Å². The van der Waals surface area contributed by atoms with Gasteiger partial charge in [-0.2, -0.15) is 23.4 Å². The summed E-state index contributed by atoms with van der Waals surface area (Å²) in [6.45, 7) is 2.06. The number of aryl methyl sites for hydroxylation is 2. The number of rotatable bonds is 8. The zero-order valence-electron chi connectivity index (χ0n) is 16.3. The summed E-state index contributed by atoms with van der Waals surface area (Å²) in [7, 11) is 0. The van der Waals surface area contributed by atoms with Crippen molar-refractivity contribution in [3.05, 3.63) is 63.7 Å². The molecule has 7 nitrogen and oxygen atoms in total. The lowest BCUT2D eigenvalue weighted by Crippen LogP contribution is -2.26. The second kappa shape index (κ2) is 9.61. The van der Waals surface area contributed by atoms with Crippen LogP contribution in [0, 0.1) is 6.92 Å². The van der Waals surface area contributed by atoms with E-state index in [4.69, 9.17) is 27.9 Å². The fourth-order valence-corrected chi connectivity index (χ4v) is 3.03. The molecule has 12 heteroatoms. The van der Waals surface area contributed by atoms with Crippen molar-refractivity contribution in [3.63, 3.8) is 0 Å². The molecule has 3 aromatic rings. The summed E-state index contributed by atoms with van der Waals surface area (Å²) in [5.41, 5.74) is -0.353. The van der Waals surface area contributed by atoms with E-state index in [-0.39, 0.29) is 30.5 Å². The molecule has 0 saturated carbocycles. The van der Waals surface area contributed by atoms with Crippen molar-refractivity contribution in [1.82, 2.24) is 24.9 Å². The quantitative estimate of drug-likeness (QED) is 0.484. The molecule has 0 saturated heterocycles. The molecule has 31 heavy (non-hydrogen) atoms. The third kappa shape index (κ3) is 5.92. The monoisotopic (exact) mass is 475 g/mol. The molecule has 0 bridgehead atoms. The molecule has 3 rings (SSSR count). The number of benzene rings is 1. The Kier molecular flexibility index (Phi) is 7.11. The second-order valence-electron chi connectivity index (χ2n) is 6.57. The first kappa shape index (κ1) is 23.0. The Morgan fingerprint density at radius 3 is 2.71 bits per heavy atom. The number of aromatic nitrogens is 4. The largest absolute Gasteiger partial charge is 0.470 e. The fourth-order valence-electron chi connectivity index (χ4n) is 2.68. The van der Waals surface area contributed by atoms with Gasteiger partial charge in [-0.25, -0.2) is 4.68 Å². The lowest BCUT2D eigenvalue weighted by atomic mass is 10.3. The molecule has 0 unspecified atom stereocenters. The number of carbonyl (C=O) groups is 1. The molecule has 0 aliphatic carbocycles. The first-order valence-corrected chi connectivity index (χ1v) is 9.91. The van der Waals surface area contributed by atoms with Gasteiger partial charge in [-0.15, -0.1) is 0 Å². The van der Waals surface area contributed by atoms with Crippen molar-refractivity contribution in [2.75, 3.05) is 6.54 Å². The highest BCUT2D eigenvalue weighted by atomic mass is 35.5. The van der Waals surface area contributed by atoms with Crippen LogP contribution in [0.15, 0.2) is 36.5 Å². The first-order valence-electron chi connectivity index (χ1n) is 9.15. The highest BCUT2D eigenvalue weighted by Crippen LogP contribution is 2.31. The minimum atomic E-state index is -4.48. The maximum Gasteiger partial charge on any atom is 0.435 e. The van der Waals surface area contributed by atoms with Crippen LogP contribution < -0.4 is 10.1 Å². The molecule has 0 radical (unpaired) electrons. The van der Waals surface area contributed by atoms with E-state index in [1.807, 2.05) is 0 Å². The Bertz CT molecular complexity index is 1070. The van der Waals surface area contributed by atoms with Crippen LogP contribution in [-0.2, 0) is 19.5 Å². The summed E-state index contributed by atoms with van der Waals surface area (Å²) >= 11 is 12.0. The molecule has 2 heterocycles. The first-order chi connectivity index (χ1) is 14.6. The molecule has 1 amide bonds. The number of nitrogens with one attached hydrogen (secondary N) is 1. The van der Waals surface area contributed by atoms with Crippen molar-refractivity contribution in [2.24, 2.45) is 0 Å². The topological polar surface area (TPSA) is 74.0 Å². The summed E-state index contributed by atoms with van der Waals surface area (Å²) in [5.74, 6) is -0.0223. The van der Waals surface area contributed by atoms with E-state index in [1.165, 1.54) is 15.4 Å². The van der Waals surface area contributed by atoms with Crippen LogP contribution in [-0.4, -0.2) is 32.0 Å². The summed E-state index contributed by atoms with van der Waals surface area (Å²) in [5, 5.41) is 11.0. The maximum atomic E-state index is 12.7. The van der Waals surface area contributed by atoms with Gasteiger partial charge in [-0.1, -0.05) is 29.3 Å². The molecule has 1 aromatic carbocycles. The van der Waals surface area contributed by atoms with Gasteiger partial charge < -0.3 is 10.1 Å². The van der Waals surface area contributed by atoms with Gasteiger partial charge in [0, 0.05) is 25.0 Å². The Morgan fingerprint density at radius 1 is 1.23 bits per heavy atom. The van der Waals surface area contributed by atoms with Gasteiger partial charge in [0.2, 0.25) is 0 Å². The molecular formula is C19H18Cl2F3N5O2. The number of hydrogen-bond acceptors (Lipinski definition) is 4. The predicted molar refractivity (Wildman–Crippen MR) is 108 cm³/mol. The molecule has 2 aromatic heterocycles. The minimum absolute atomic E-state index is 0.0213. The minimum Gasteiger partial charge on any atom is -0.470 e. The number of hydrogen-bond donors (Lipinski definition) is 1. The fraction of sp³-hybridized carbons (Fsp3) is 0.316. The number of nitrogens with zero attached hydrogens (tertiary/aromatic N) is 4. The van der Waals surface area contributed by atoms with E-state index in [2.05, 4.69) is 15.5 Å². The Labute approximate surface area is 185 Å². The number of alkyl halides is 3. The number of amides is 1. The van der Waals surface area contributed by atoms with E-state index in [9.17, 15) is 18.0 Å². The van der Waals surface area contributed by atoms with Crippen LogP contribution in [0.5, 0.6) is 5.75 Å². The molecule has 0 atom stereocenters. The van der Waals surface area contributed by atoms with Crippen molar-refractivity contribution in [1.29, 1.82) is 0 Å². The van der Waals surface area contributed by atoms with Gasteiger partial charge in [0.15, 0.2) is 12.4 Å². The highest BCUT2D eigenvalue weighted by Gasteiger charge is 2.34. The number of halogens is 5. The second-order valence-corrected chi connectivity index (χ2v) is 7.35. The predicted octanol–water partition coefficient (Wildman–Crippen LogP) is 4.57. The number of carbonyl (C=O) groups excluding carboxylic acids is 1. The van der Waals surface area contributed by atoms with Gasteiger partial charge in [-0.05, 0) is 37.6 Å². The van der Waals surface area contributed by atoms with Gasteiger partial charge in [0.05, 0.1) is 5.02 Å². The van der Waals surface area contributed by atoms with Crippen LogP contribution in [0.1, 0.15) is 28.3 Å². The zero-order chi connectivity index (χ0) is 22.6. The van der Waals surface area contributed by atoms with E-state index in [1.54, 1.807) is 31.3 Å². The Hall–Kier alpha value is -2.72. The van der Waals surface area contributed by atoms with Gasteiger partial charge in [0.1, 0.15) is 16.5 Å². The smallest absolute Gasteiger partial charge is 0.435 e. The van der Waals surface area contributed by atoms with Gasteiger partial charge in [0.25, 0.3) is 5.91 Å². The van der Waals surface area contributed by atoms with Crippen LogP contribution in [0.25, 0.3) is 0 Å².